The maximum atomic E-state index is 13.2. The molecule has 2 aliphatic rings. The minimum absolute atomic E-state index is 0.00292. The van der Waals surface area contributed by atoms with Crippen LogP contribution in [0, 0.1) is 17.3 Å². The maximum Gasteiger partial charge on any atom is 0.166 e. The van der Waals surface area contributed by atoms with Crippen LogP contribution < -0.4 is 9.47 Å². The molecule has 132 valence electrons. The van der Waals surface area contributed by atoms with Gasteiger partial charge in [0.25, 0.3) is 0 Å². The fourth-order valence-electron chi connectivity index (χ4n) is 3.57. The summed E-state index contributed by atoms with van der Waals surface area (Å²) >= 11 is 0. The Kier molecular flexibility index (Phi) is 5.14. The quantitative estimate of drug-likeness (QED) is 0.778. The molecule has 0 N–H and O–H groups in total. The smallest absolute Gasteiger partial charge is 0.166 e. The third kappa shape index (κ3) is 3.92. The van der Waals surface area contributed by atoms with E-state index in [2.05, 4.69) is 20.8 Å². The molecule has 0 amide bonds. The highest BCUT2D eigenvalue weighted by Gasteiger charge is 2.34. The summed E-state index contributed by atoms with van der Waals surface area (Å²) in [5, 5.41) is 0. The van der Waals surface area contributed by atoms with Gasteiger partial charge in [-0.3, -0.25) is 4.79 Å². The van der Waals surface area contributed by atoms with Gasteiger partial charge in [-0.2, -0.15) is 0 Å². The third-order valence-corrected chi connectivity index (χ3v) is 5.10. The minimum atomic E-state index is -0.0668. The lowest BCUT2D eigenvalue weighted by Gasteiger charge is -2.34. The molecule has 0 aromatic heterocycles. The molecule has 1 atom stereocenters. The number of fused-ring (bicyclic) bond motifs is 1. The number of hydrogen-bond acceptors (Lipinski definition) is 4. The standard InChI is InChI=1S/C20H28O4/c1-20(2,3)16(12-14-6-8-22-9-7-14)19(21)15-4-5-17-18(13-15)24-11-10-23-17/h4-5,13-14,16H,6-12H2,1-3H3/t16-/m1/s1. The second kappa shape index (κ2) is 7.14. The number of hydrogen-bond donors (Lipinski definition) is 0. The summed E-state index contributed by atoms with van der Waals surface area (Å²) in [6, 6.07) is 5.58. The first kappa shape index (κ1) is 17.3. The van der Waals surface area contributed by atoms with Gasteiger partial charge in [0, 0.05) is 24.7 Å². The van der Waals surface area contributed by atoms with Gasteiger partial charge in [-0.1, -0.05) is 20.8 Å². The minimum Gasteiger partial charge on any atom is -0.486 e. The number of carbonyl (C=O) groups excluding carboxylic acids is 1. The van der Waals surface area contributed by atoms with Crippen molar-refractivity contribution in [2.45, 2.75) is 40.0 Å². The molecule has 0 aliphatic carbocycles. The van der Waals surface area contributed by atoms with Gasteiger partial charge in [0.05, 0.1) is 0 Å². The molecule has 4 heteroatoms. The second-order valence-electron chi connectivity index (χ2n) is 7.93. The second-order valence-corrected chi connectivity index (χ2v) is 7.93. The van der Waals surface area contributed by atoms with Crippen molar-refractivity contribution in [1.82, 2.24) is 0 Å². The zero-order valence-corrected chi connectivity index (χ0v) is 15.0. The molecule has 3 rings (SSSR count). The van der Waals surface area contributed by atoms with Crippen LogP contribution in [0.1, 0.15) is 50.4 Å². The van der Waals surface area contributed by atoms with Gasteiger partial charge in [0.2, 0.25) is 0 Å². The van der Waals surface area contributed by atoms with E-state index in [4.69, 9.17) is 14.2 Å². The van der Waals surface area contributed by atoms with Gasteiger partial charge in [0.15, 0.2) is 17.3 Å². The SMILES string of the molecule is CC(C)(C)[C@H](CC1CCOCC1)C(=O)c1ccc2c(c1)OCCO2. The lowest BCUT2D eigenvalue weighted by molar-refractivity contribution is 0.0458. The largest absolute Gasteiger partial charge is 0.486 e. The van der Waals surface area contributed by atoms with Crippen molar-refractivity contribution in [3.8, 4) is 11.5 Å². The lowest BCUT2D eigenvalue weighted by atomic mass is 9.71. The Hall–Kier alpha value is -1.55. The number of rotatable bonds is 4. The summed E-state index contributed by atoms with van der Waals surface area (Å²) in [5.41, 5.74) is 0.661. The molecule has 1 fully saturated rings. The van der Waals surface area contributed by atoms with E-state index in [1.54, 1.807) is 0 Å². The van der Waals surface area contributed by atoms with Crippen molar-refractivity contribution >= 4 is 5.78 Å². The fraction of sp³-hybridized carbons (Fsp3) is 0.650. The van der Waals surface area contributed by atoms with Crippen molar-refractivity contribution in [2.75, 3.05) is 26.4 Å². The molecule has 0 spiro atoms. The summed E-state index contributed by atoms with van der Waals surface area (Å²) in [6.07, 6.45) is 3.04. The number of ether oxygens (including phenoxy) is 3. The molecule has 1 saturated heterocycles. The van der Waals surface area contributed by atoms with E-state index in [0.29, 0.717) is 24.9 Å². The Labute approximate surface area is 144 Å². The summed E-state index contributed by atoms with van der Waals surface area (Å²) in [7, 11) is 0. The Balaban J connectivity index is 1.80. The van der Waals surface area contributed by atoms with Crippen molar-refractivity contribution in [3.63, 3.8) is 0 Å². The Morgan fingerprint density at radius 2 is 1.75 bits per heavy atom. The van der Waals surface area contributed by atoms with Crippen molar-refractivity contribution in [2.24, 2.45) is 17.3 Å². The number of Topliss-reactive ketones (excluding diaryl/α,β-unsaturated/α-hetero) is 1. The van der Waals surface area contributed by atoms with E-state index < -0.39 is 0 Å². The molecule has 0 saturated carbocycles. The molecule has 2 aliphatic heterocycles. The monoisotopic (exact) mass is 332 g/mol. The third-order valence-electron chi connectivity index (χ3n) is 5.10. The van der Waals surface area contributed by atoms with Gasteiger partial charge in [-0.25, -0.2) is 0 Å². The highest BCUT2D eigenvalue weighted by atomic mass is 16.6. The van der Waals surface area contributed by atoms with Crippen LogP contribution >= 0.6 is 0 Å². The van der Waals surface area contributed by atoms with Gasteiger partial charge in [-0.15, -0.1) is 0 Å². The van der Waals surface area contributed by atoms with Crippen molar-refractivity contribution in [3.05, 3.63) is 23.8 Å². The summed E-state index contributed by atoms with van der Waals surface area (Å²) in [6.45, 7) is 9.22. The number of ketones is 1. The Morgan fingerprint density at radius 1 is 1.08 bits per heavy atom. The van der Waals surface area contributed by atoms with Crippen LogP contribution in [0.2, 0.25) is 0 Å². The summed E-state index contributed by atoms with van der Waals surface area (Å²) in [4.78, 5) is 13.2. The topological polar surface area (TPSA) is 44.8 Å². The summed E-state index contributed by atoms with van der Waals surface area (Å²) < 4.78 is 16.7. The van der Waals surface area contributed by atoms with E-state index in [1.807, 2.05) is 18.2 Å². The van der Waals surface area contributed by atoms with Crippen LogP contribution in [0.25, 0.3) is 0 Å². The number of benzene rings is 1. The van der Waals surface area contributed by atoms with E-state index in [1.165, 1.54) is 0 Å². The van der Waals surface area contributed by atoms with Crippen LogP contribution in [0.5, 0.6) is 11.5 Å². The van der Waals surface area contributed by atoms with Gasteiger partial charge in [-0.05, 0) is 48.8 Å². The van der Waals surface area contributed by atoms with Crippen molar-refractivity contribution < 1.29 is 19.0 Å². The van der Waals surface area contributed by atoms with Crippen LogP contribution in [0.3, 0.4) is 0 Å². The molecule has 1 aromatic carbocycles. The first-order valence-corrected chi connectivity index (χ1v) is 8.97. The van der Waals surface area contributed by atoms with E-state index >= 15 is 0 Å². The highest BCUT2D eigenvalue weighted by Crippen LogP contribution is 2.38. The predicted octanol–water partition coefficient (Wildman–Crippen LogP) is 4.12. The average molecular weight is 332 g/mol. The van der Waals surface area contributed by atoms with Crippen molar-refractivity contribution in [1.29, 1.82) is 0 Å². The molecule has 0 unspecified atom stereocenters. The average Bonchev–Trinajstić information content (AvgIpc) is 2.58. The Morgan fingerprint density at radius 3 is 2.42 bits per heavy atom. The Bertz CT molecular complexity index is 582. The maximum absolute atomic E-state index is 13.2. The van der Waals surface area contributed by atoms with Crippen LogP contribution in [-0.2, 0) is 4.74 Å². The molecule has 24 heavy (non-hydrogen) atoms. The molecule has 0 bridgehead atoms. The van der Waals surface area contributed by atoms with Crippen LogP contribution in [0.15, 0.2) is 18.2 Å². The molecule has 4 nitrogen and oxygen atoms in total. The van der Waals surface area contributed by atoms with Crippen LogP contribution in [-0.4, -0.2) is 32.2 Å². The fourth-order valence-corrected chi connectivity index (χ4v) is 3.57. The van der Waals surface area contributed by atoms with Gasteiger partial charge >= 0.3 is 0 Å². The molecule has 2 heterocycles. The first-order chi connectivity index (χ1) is 11.4. The van der Waals surface area contributed by atoms with Crippen LogP contribution in [0.4, 0.5) is 0 Å². The van der Waals surface area contributed by atoms with E-state index in [0.717, 1.165) is 43.8 Å². The normalized spacial score (nSPS) is 19.8. The highest BCUT2D eigenvalue weighted by molar-refractivity contribution is 5.98. The van der Waals surface area contributed by atoms with Gasteiger partial charge < -0.3 is 14.2 Å². The lowest BCUT2D eigenvalue weighted by Crippen LogP contribution is -2.32. The van der Waals surface area contributed by atoms with E-state index in [-0.39, 0.29) is 17.1 Å². The van der Waals surface area contributed by atoms with E-state index in [9.17, 15) is 4.79 Å². The zero-order valence-electron chi connectivity index (χ0n) is 15.0. The summed E-state index contributed by atoms with van der Waals surface area (Å²) in [5.74, 6) is 2.21. The first-order valence-electron chi connectivity index (χ1n) is 8.97. The molecule has 1 aromatic rings. The predicted molar refractivity (Wildman–Crippen MR) is 92.9 cm³/mol. The molecule has 0 radical (unpaired) electrons. The zero-order chi connectivity index (χ0) is 17.2. The molecular weight excluding hydrogens is 304 g/mol. The molecular formula is C20H28O4. The number of carbonyl (C=O) groups is 1. The van der Waals surface area contributed by atoms with Gasteiger partial charge in [0.1, 0.15) is 13.2 Å².